The van der Waals surface area contributed by atoms with Gasteiger partial charge in [-0.15, -0.1) is 11.8 Å². The van der Waals surface area contributed by atoms with Crippen LogP contribution in [0.2, 0.25) is 0 Å². The van der Waals surface area contributed by atoms with Gasteiger partial charge in [0.25, 0.3) is 0 Å². The molecule has 0 spiro atoms. The van der Waals surface area contributed by atoms with E-state index in [4.69, 9.17) is 5.11 Å². The molecule has 0 radical (unpaired) electrons. The van der Waals surface area contributed by atoms with E-state index in [-0.39, 0.29) is 18.4 Å². The lowest BCUT2D eigenvalue weighted by atomic mass is 9.97. The summed E-state index contributed by atoms with van der Waals surface area (Å²) in [6.07, 6.45) is 4.29. The molecule has 0 bridgehead atoms. The fraction of sp³-hybridized carbons (Fsp3) is 0.529. The van der Waals surface area contributed by atoms with E-state index in [9.17, 15) is 9.59 Å². The number of aliphatic carboxylic acids is 1. The molecule has 1 amide bonds. The van der Waals surface area contributed by atoms with Crippen molar-refractivity contribution in [1.29, 1.82) is 0 Å². The summed E-state index contributed by atoms with van der Waals surface area (Å²) in [6.45, 7) is 0.777. The van der Waals surface area contributed by atoms with Crippen LogP contribution in [-0.2, 0) is 9.59 Å². The van der Waals surface area contributed by atoms with Crippen LogP contribution in [0.3, 0.4) is 0 Å². The van der Waals surface area contributed by atoms with Gasteiger partial charge in [0.05, 0.1) is 0 Å². The number of carbonyl (C=O) groups is 2. The Morgan fingerprint density at radius 2 is 1.95 bits per heavy atom. The van der Waals surface area contributed by atoms with E-state index in [1.165, 1.54) is 4.90 Å². The first kappa shape index (κ1) is 16.9. The molecular weight excluding hydrogens is 298 g/mol. The zero-order chi connectivity index (χ0) is 15.8. The normalized spacial score (nSPS) is 18.2. The fourth-order valence-electron chi connectivity index (χ4n) is 2.84. The molecule has 4 nitrogen and oxygen atoms in total. The molecule has 1 aromatic carbocycles. The number of carboxylic acid groups (broad SMARTS) is 1. The third kappa shape index (κ3) is 5.37. The molecule has 1 atom stereocenters. The molecule has 0 aliphatic carbocycles. The van der Waals surface area contributed by atoms with E-state index in [1.54, 1.807) is 11.8 Å². The number of piperidine rings is 1. The Labute approximate surface area is 135 Å². The lowest BCUT2D eigenvalue weighted by molar-refractivity contribution is -0.140. The summed E-state index contributed by atoms with van der Waals surface area (Å²) in [5.41, 5.74) is 0. The minimum atomic E-state index is -0.780. The number of hydrogen-bond acceptors (Lipinski definition) is 3. The number of thioether (sulfide) groups is 1. The summed E-state index contributed by atoms with van der Waals surface area (Å²) >= 11 is 1.69. The number of amides is 1. The molecule has 1 heterocycles. The largest absolute Gasteiger partial charge is 0.481 e. The summed E-state index contributed by atoms with van der Waals surface area (Å²) in [5, 5.41) is 8.83. The number of hydrogen-bond donors (Lipinski definition) is 1. The fourth-order valence-corrected chi connectivity index (χ4v) is 3.70. The second-order valence-electron chi connectivity index (χ2n) is 5.58. The van der Waals surface area contributed by atoms with Gasteiger partial charge >= 0.3 is 5.97 Å². The van der Waals surface area contributed by atoms with Crippen molar-refractivity contribution in [2.45, 2.75) is 49.5 Å². The zero-order valence-electron chi connectivity index (χ0n) is 12.7. The standard InChI is InChI=1S/C17H23NO3S/c19-16(11-13-22-15-7-2-1-3-8-15)18-12-5-4-6-14(18)9-10-17(20)21/h1-3,7-8,14H,4-6,9-13H2,(H,20,21). The van der Waals surface area contributed by atoms with Crippen LogP contribution in [0.25, 0.3) is 0 Å². The lowest BCUT2D eigenvalue weighted by Gasteiger charge is -2.35. The Balaban J connectivity index is 1.79. The molecule has 1 unspecified atom stereocenters. The third-order valence-electron chi connectivity index (χ3n) is 3.97. The minimum Gasteiger partial charge on any atom is -0.481 e. The highest BCUT2D eigenvalue weighted by atomic mass is 32.2. The van der Waals surface area contributed by atoms with Crippen LogP contribution in [0.15, 0.2) is 35.2 Å². The van der Waals surface area contributed by atoms with Gasteiger partial charge in [0.2, 0.25) is 5.91 Å². The van der Waals surface area contributed by atoms with Crippen molar-refractivity contribution in [3.8, 4) is 0 Å². The molecule has 1 saturated heterocycles. The molecule has 5 heteroatoms. The molecule has 1 aliphatic rings. The molecule has 22 heavy (non-hydrogen) atoms. The van der Waals surface area contributed by atoms with Crippen molar-refractivity contribution in [1.82, 2.24) is 4.90 Å². The molecule has 1 aromatic rings. The molecule has 0 saturated carbocycles. The summed E-state index contributed by atoms with van der Waals surface area (Å²) in [5.74, 6) is 0.154. The van der Waals surface area contributed by atoms with E-state index in [1.807, 2.05) is 35.2 Å². The Morgan fingerprint density at radius 3 is 2.68 bits per heavy atom. The third-order valence-corrected chi connectivity index (χ3v) is 4.98. The molecule has 2 rings (SSSR count). The maximum absolute atomic E-state index is 12.4. The van der Waals surface area contributed by atoms with E-state index < -0.39 is 5.97 Å². The number of nitrogens with zero attached hydrogens (tertiary/aromatic N) is 1. The van der Waals surface area contributed by atoms with Gasteiger partial charge in [-0.1, -0.05) is 18.2 Å². The van der Waals surface area contributed by atoms with Gasteiger partial charge in [0.1, 0.15) is 0 Å². The molecule has 120 valence electrons. The Hall–Kier alpha value is -1.49. The van der Waals surface area contributed by atoms with Crippen LogP contribution in [0.1, 0.15) is 38.5 Å². The van der Waals surface area contributed by atoms with Crippen molar-refractivity contribution < 1.29 is 14.7 Å². The van der Waals surface area contributed by atoms with Gasteiger partial charge in [-0.3, -0.25) is 9.59 Å². The van der Waals surface area contributed by atoms with Crippen molar-refractivity contribution in [2.24, 2.45) is 0 Å². The molecular formula is C17H23NO3S. The first-order chi connectivity index (χ1) is 10.7. The number of carbonyl (C=O) groups excluding carboxylic acids is 1. The highest BCUT2D eigenvalue weighted by Gasteiger charge is 2.26. The quantitative estimate of drug-likeness (QED) is 0.782. The van der Waals surface area contributed by atoms with E-state index in [2.05, 4.69) is 0 Å². The van der Waals surface area contributed by atoms with Crippen LogP contribution in [0, 0.1) is 0 Å². The second-order valence-corrected chi connectivity index (χ2v) is 6.75. The van der Waals surface area contributed by atoms with Gasteiger partial charge in [-0.05, 0) is 37.8 Å². The molecule has 0 aromatic heterocycles. The van der Waals surface area contributed by atoms with Crippen LogP contribution >= 0.6 is 11.8 Å². The predicted octanol–water partition coefficient (Wildman–Crippen LogP) is 3.41. The molecule has 1 aliphatic heterocycles. The number of benzene rings is 1. The summed E-state index contributed by atoms with van der Waals surface area (Å²) in [6, 6.07) is 10.2. The van der Waals surface area contributed by atoms with Crippen molar-refractivity contribution in [2.75, 3.05) is 12.3 Å². The Kier molecular flexibility index (Phi) is 6.77. The zero-order valence-corrected chi connectivity index (χ0v) is 13.6. The van der Waals surface area contributed by atoms with E-state index >= 15 is 0 Å². The molecule has 1 N–H and O–H groups in total. The topological polar surface area (TPSA) is 57.6 Å². The van der Waals surface area contributed by atoms with Gasteiger partial charge < -0.3 is 10.0 Å². The van der Waals surface area contributed by atoms with Crippen molar-refractivity contribution in [3.05, 3.63) is 30.3 Å². The van der Waals surface area contributed by atoms with Crippen molar-refractivity contribution >= 4 is 23.6 Å². The van der Waals surface area contributed by atoms with Crippen LogP contribution in [-0.4, -0.2) is 40.2 Å². The smallest absolute Gasteiger partial charge is 0.303 e. The average molecular weight is 321 g/mol. The maximum atomic E-state index is 12.4. The Bertz CT molecular complexity index is 492. The van der Waals surface area contributed by atoms with E-state index in [0.29, 0.717) is 12.8 Å². The van der Waals surface area contributed by atoms with Gasteiger partial charge in [-0.25, -0.2) is 0 Å². The van der Waals surface area contributed by atoms with Crippen LogP contribution < -0.4 is 0 Å². The highest BCUT2D eigenvalue weighted by Crippen LogP contribution is 2.23. The van der Waals surface area contributed by atoms with E-state index in [0.717, 1.165) is 31.6 Å². The van der Waals surface area contributed by atoms with Crippen LogP contribution in [0.4, 0.5) is 0 Å². The first-order valence-electron chi connectivity index (χ1n) is 7.86. The van der Waals surface area contributed by atoms with Crippen LogP contribution in [0.5, 0.6) is 0 Å². The SMILES string of the molecule is O=C(O)CCC1CCCCN1C(=O)CCSc1ccccc1. The monoisotopic (exact) mass is 321 g/mol. The predicted molar refractivity (Wildman–Crippen MR) is 88.0 cm³/mol. The summed E-state index contributed by atoms with van der Waals surface area (Å²) < 4.78 is 0. The summed E-state index contributed by atoms with van der Waals surface area (Å²) in [4.78, 5) is 26.2. The second kappa shape index (κ2) is 8.83. The van der Waals surface area contributed by atoms with Gasteiger partial charge in [0, 0.05) is 36.1 Å². The maximum Gasteiger partial charge on any atom is 0.303 e. The lowest BCUT2D eigenvalue weighted by Crippen LogP contribution is -2.44. The van der Waals surface area contributed by atoms with Crippen molar-refractivity contribution in [3.63, 3.8) is 0 Å². The average Bonchev–Trinajstić information content (AvgIpc) is 2.54. The number of carboxylic acids is 1. The number of likely N-dealkylation sites (tertiary alicyclic amines) is 1. The first-order valence-corrected chi connectivity index (χ1v) is 8.84. The van der Waals surface area contributed by atoms with Gasteiger partial charge in [0.15, 0.2) is 0 Å². The number of rotatable bonds is 7. The Morgan fingerprint density at radius 1 is 1.18 bits per heavy atom. The highest BCUT2D eigenvalue weighted by molar-refractivity contribution is 7.99. The van der Waals surface area contributed by atoms with Gasteiger partial charge in [-0.2, -0.15) is 0 Å². The molecule has 1 fully saturated rings. The summed E-state index contributed by atoms with van der Waals surface area (Å²) in [7, 11) is 0. The minimum absolute atomic E-state index is 0.110.